The fourth-order valence-electron chi connectivity index (χ4n) is 6.26. The first kappa shape index (κ1) is 39.4. The van der Waals surface area contributed by atoms with Gasteiger partial charge in [-0.15, -0.1) is 0 Å². The van der Waals surface area contributed by atoms with Crippen LogP contribution in [-0.4, -0.2) is 29.6 Å². The summed E-state index contributed by atoms with van der Waals surface area (Å²) in [6.07, 6.45) is 8.60. The first-order chi connectivity index (χ1) is 27.9. The van der Waals surface area contributed by atoms with E-state index in [2.05, 4.69) is 218 Å². The van der Waals surface area contributed by atoms with E-state index >= 15 is 0 Å². The van der Waals surface area contributed by atoms with Gasteiger partial charge in [0.25, 0.3) is 12.7 Å². The van der Waals surface area contributed by atoms with Crippen LogP contribution in [0.25, 0.3) is 56.3 Å². The summed E-state index contributed by atoms with van der Waals surface area (Å²) >= 11 is 0. The van der Waals surface area contributed by atoms with Gasteiger partial charge in [0.05, 0.1) is 45.0 Å². The van der Waals surface area contributed by atoms with Crippen molar-refractivity contribution < 1.29 is 29.2 Å². The van der Waals surface area contributed by atoms with Crippen LogP contribution < -0.4 is 14.2 Å². The molecule has 0 atom stereocenters. The predicted octanol–water partition coefficient (Wildman–Crippen LogP) is 8.14. The van der Waals surface area contributed by atoms with E-state index < -0.39 is 0 Å². The molecule has 0 fully saturated rings. The Kier molecular flexibility index (Phi) is 12.2. The van der Waals surface area contributed by atoms with Gasteiger partial charge in [-0.2, -0.15) is 64.9 Å². The molecule has 4 heterocycles. The van der Waals surface area contributed by atoms with E-state index in [1.807, 2.05) is 24.3 Å². The van der Waals surface area contributed by atoms with E-state index in [0.29, 0.717) is 11.5 Å². The molecule has 0 saturated carbocycles. The summed E-state index contributed by atoms with van der Waals surface area (Å²) in [6, 6.07) is 58.3. The van der Waals surface area contributed by atoms with Crippen LogP contribution in [0, 0.1) is 52.5 Å². The number of tetrazole rings is 1. The Labute approximate surface area is 351 Å². The summed E-state index contributed by atoms with van der Waals surface area (Å²) in [6.45, 7) is 8.35. The largest absolute Gasteiger partial charge is 0.329 e. The van der Waals surface area contributed by atoms with Crippen molar-refractivity contribution in [3.63, 3.8) is 0 Å². The quantitative estimate of drug-likeness (QED) is 0.129. The molecule has 0 saturated heterocycles. The first-order valence-electron chi connectivity index (χ1n) is 18.5. The molecule has 0 spiro atoms. The minimum Gasteiger partial charge on any atom is -0.329 e. The van der Waals surface area contributed by atoms with Gasteiger partial charge in [-0.25, -0.2) is 0 Å². The molecule has 58 heavy (non-hydrogen) atoms. The van der Waals surface area contributed by atoms with E-state index in [1.165, 1.54) is 22.3 Å². The van der Waals surface area contributed by atoms with Crippen LogP contribution in [0.2, 0.25) is 0 Å². The summed E-state index contributed by atoms with van der Waals surface area (Å²) in [4.78, 5) is 4.02. The van der Waals surface area contributed by atoms with E-state index in [0.717, 1.165) is 44.8 Å². The Hall–Kier alpha value is -6.87. The van der Waals surface area contributed by atoms with Gasteiger partial charge in [0.15, 0.2) is 0 Å². The van der Waals surface area contributed by atoms with Crippen molar-refractivity contribution in [1.82, 2.24) is 34.7 Å². The topological polar surface area (TPSA) is 83.3 Å². The van der Waals surface area contributed by atoms with Crippen LogP contribution in [0.5, 0.6) is 0 Å². The average Bonchev–Trinajstić information content (AvgIpc) is 4.02. The molecule has 0 aliphatic carbocycles. The van der Waals surface area contributed by atoms with Crippen LogP contribution in [0.3, 0.4) is 0 Å². The van der Waals surface area contributed by atoms with Crippen molar-refractivity contribution in [2.45, 2.75) is 27.7 Å². The van der Waals surface area contributed by atoms with Gasteiger partial charge in [-0.1, -0.05) is 104 Å². The van der Waals surface area contributed by atoms with Crippen LogP contribution in [-0.2, 0) is 20.1 Å². The van der Waals surface area contributed by atoms with Gasteiger partial charge < -0.3 is 14.2 Å². The first-order valence-corrected chi connectivity index (χ1v) is 18.5. The summed E-state index contributed by atoms with van der Waals surface area (Å²) in [5.74, 6) is 0.464. The molecule has 0 amide bonds. The van der Waals surface area contributed by atoms with Crippen molar-refractivity contribution in [2.75, 3.05) is 0 Å². The average molecular weight is 933 g/mol. The van der Waals surface area contributed by atoms with Crippen molar-refractivity contribution in [2.24, 2.45) is 0 Å². The third-order valence-corrected chi connectivity index (χ3v) is 9.31. The zero-order chi connectivity index (χ0) is 39.1. The molecule has 0 aliphatic heterocycles. The Balaban J connectivity index is 0.000000139. The minimum absolute atomic E-state index is 0. The number of imidazole rings is 2. The summed E-state index contributed by atoms with van der Waals surface area (Å²) in [5.41, 5.74) is 14.3. The van der Waals surface area contributed by atoms with Gasteiger partial charge in [0, 0.05) is 26.3 Å². The molecular formula is C48H38IrN9-3. The van der Waals surface area contributed by atoms with Crippen molar-refractivity contribution in [1.29, 1.82) is 0 Å². The monoisotopic (exact) mass is 933 g/mol. The third-order valence-electron chi connectivity index (χ3n) is 9.31. The molecule has 1 radical (unpaired) electrons. The predicted molar refractivity (Wildman–Crippen MR) is 220 cm³/mol. The SMILES string of the molecule is Cc1c[c-]c(-n2[c-][n+](-c3ccc(C)cc3)c3ccccc32)cc1.Cc1c[c-]c(-n2[c-][n+](-c3ccc(C)cc3)c3ccccc32)cc1.[Ir].c1ccc(-c2nnn[n-]2)nc1. The minimum atomic E-state index is 0. The maximum atomic E-state index is 4.02. The van der Waals surface area contributed by atoms with E-state index in [4.69, 9.17) is 0 Å². The van der Waals surface area contributed by atoms with Gasteiger partial charge in [0.2, 0.25) is 0 Å². The molecule has 0 unspecified atom stereocenters. The number of hydrogen-bond donors (Lipinski definition) is 0. The van der Waals surface area contributed by atoms with E-state index in [1.54, 1.807) is 12.3 Å². The maximum Gasteiger partial charge on any atom is 0.268 e. The molecule has 10 heteroatoms. The van der Waals surface area contributed by atoms with Crippen LogP contribution in [0.4, 0.5) is 0 Å². The number of benzene rings is 6. The summed E-state index contributed by atoms with van der Waals surface area (Å²) < 4.78 is 8.33. The number of fused-ring (bicyclic) bond motifs is 2. The number of para-hydroxylation sites is 4. The van der Waals surface area contributed by atoms with Gasteiger partial charge in [-0.05, 0) is 61.6 Å². The number of aromatic nitrogens is 9. The number of aryl methyl sites for hydroxylation is 4. The second kappa shape index (κ2) is 17.9. The molecule has 9 nitrogen and oxygen atoms in total. The standard InChI is InChI=1S/2C21H17N2.C6H4N5.Ir/c2*1-16-7-11-18(12-8-16)22-15-23(19-13-9-17(2)10-14-19)21-6-4-3-5-20(21)22;1-2-4-7-5(3-1)6-8-10-11-9-6;/h2*3-13H,1-2H3;1-4H;/q3*-1;. The molecule has 287 valence electrons. The van der Waals surface area contributed by atoms with Gasteiger partial charge in [0.1, 0.15) is 0 Å². The fourth-order valence-corrected chi connectivity index (χ4v) is 6.26. The molecule has 0 bridgehead atoms. The molecule has 0 aliphatic rings. The van der Waals surface area contributed by atoms with Crippen LogP contribution >= 0.6 is 0 Å². The smallest absolute Gasteiger partial charge is 0.268 e. The fraction of sp³-hybridized carbons (Fsp3) is 0.0833. The van der Waals surface area contributed by atoms with Gasteiger partial charge >= 0.3 is 0 Å². The van der Waals surface area contributed by atoms with Crippen molar-refractivity contribution in [3.8, 4) is 34.3 Å². The van der Waals surface area contributed by atoms with Crippen LogP contribution in [0.15, 0.2) is 158 Å². The Bertz CT molecular complexity index is 2520. The van der Waals surface area contributed by atoms with Crippen molar-refractivity contribution in [3.05, 3.63) is 205 Å². The summed E-state index contributed by atoms with van der Waals surface area (Å²) in [5, 5.41) is 14.0. The maximum absolute atomic E-state index is 4.02. The Morgan fingerprint density at radius 3 is 1.40 bits per heavy atom. The zero-order valence-corrected chi connectivity index (χ0v) is 34.8. The number of nitrogens with zero attached hydrogens (tertiary/aromatic N) is 9. The van der Waals surface area contributed by atoms with Crippen LogP contribution in [0.1, 0.15) is 22.3 Å². The molecule has 6 aromatic carbocycles. The Morgan fingerprint density at radius 1 is 0.517 bits per heavy atom. The number of rotatable bonds is 5. The zero-order valence-electron chi connectivity index (χ0n) is 32.4. The molecule has 10 aromatic rings. The molecule has 0 N–H and O–H groups in total. The normalized spacial score (nSPS) is 10.6. The molecule has 4 aromatic heterocycles. The van der Waals surface area contributed by atoms with Gasteiger partial charge in [-0.3, -0.25) is 24.4 Å². The van der Waals surface area contributed by atoms with Crippen molar-refractivity contribution >= 4 is 22.1 Å². The third kappa shape index (κ3) is 8.74. The second-order valence-corrected chi connectivity index (χ2v) is 13.6. The number of hydrogen-bond acceptors (Lipinski definition) is 4. The molecule has 10 rings (SSSR count). The second-order valence-electron chi connectivity index (χ2n) is 13.6. The summed E-state index contributed by atoms with van der Waals surface area (Å²) in [7, 11) is 0. The number of pyridine rings is 1. The van der Waals surface area contributed by atoms with E-state index in [9.17, 15) is 0 Å². The molecular weight excluding hydrogens is 895 g/mol. The Morgan fingerprint density at radius 2 is 0.983 bits per heavy atom. The van der Waals surface area contributed by atoms with E-state index in [-0.39, 0.29) is 20.1 Å².